The maximum absolute atomic E-state index is 12.9. The van der Waals surface area contributed by atoms with Crippen molar-refractivity contribution in [3.63, 3.8) is 0 Å². The number of carbonyl (C=O) groups is 1. The molecule has 2 aromatic rings. The molecule has 10 nitrogen and oxygen atoms in total. The zero-order chi connectivity index (χ0) is 24.6. The Hall–Kier alpha value is -4.05. The van der Waals surface area contributed by atoms with Crippen LogP contribution in [0.4, 0.5) is 0 Å². The lowest BCUT2D eigenvalue weighted by Crippen LogP contribution is -2.08. The number of fused-ring (bicyclic) bond motifs is 1. The van der Waals surface area contributed by atoms with Crippen molar-refractivity contribution >= 4 is 17.5 Å². The van der Waals surface area contributed by atoms with E-state index in [0.29, 0.717) is 45.6 Å². The molecule has 0 radical (unpaired) electrons. The average Bonchev–Trinajstić information content (AvgIpc) is 3.39. The van der Waals surface area contributed by atoms with Crippen molar-refractivity contribution in [2.45, 2.75) is 6.29 Å². The zero-order valence-corrected chi connectivity index (χ0v) is 19.5. The molecule has 0 aromatic heterocycles. The number of aliphatic hydroxyl groups excluding tert-OH is 1. The van der Waals surface area contributed by atoms with E-state index in [1.54, 1.807) is 24.3 Å². The largest absolute Gasteiger partial charge is 0.493 e. The molecule has 0 fully saturated rings. The number of methoxy groups -OCH3 is 6. The number of benzene rings is 2. The fourth-order valence-corrected chi connectivity index (χ4v) is 3.95. The average molecular weight is 472 g/mol. The van der Waals surface area contributed by atoms with E-state index in [4.69, 9.17) is 37.9 Å². The van der Waals surface area contributed by atoms with E-state index in [1.807, 2.05) is 0 Å². The lowest BCUT2D eigenvalue weighted by molar-refractivity contribution is -0.130. The maximum Gasteiger partial charge on any atom is 0.348 e. The minimum atomic E-state index is -1.45. The number of rotatable bonds is 8. The molecule has 1 N–H and O–H groups in total. The topological polar surface area (TPSA) is 111 Å². The van der Waals surface area contributed by atoms with Crippen LogP contribution in [0, 0.1) is 0 Å². The molecule has 2 aliphatic heterocycles. The number of aliphatic hydroxyl groups is 1. The minimum absolute atomic E-state index is 0.0884. The van der Waals surface area contributed by atoms with Gasteiger partial charge >= 0.3 is 5.97 Å². The van der Waals surface area contributed by atoms with E-state index in [0.717, 1.165) is 0 Å². The molecule has 2 aliphatic rings. The molecule has 34 heavy (non-hydrogen) atoms. The number of carbonyl (C=O) groups excluding carboxylic acids is 1. The van der Waals surface area contributed by atoms with Gasteiger partial charge in [-0.3, -0.25) is 0 Å². The number of esters is 1. The van der Waals surface area contributed by atoms with Crippen molar-refractivity contribution in [1.82, 2.24) is 0 Å². The standard InChI is InChI=1S/C24H24O10/c1-27-13-7-11(8-14(28-2)21(13)31-5)19-17-18(24(26)33-19)20(34-23(17)25)12-9-15(29-3)22(32-6)16(10-12)30-4/h7-10,23,25H,1-6H3. The van der Waals surface area contributed by atoms with Gasteiger partial charge in [0.2, 0.25) is 17.8 Å². The van der Waals surface area contributed by atoms with Gasteiger partial charge in [-0.05, 0) is 24.3 Å². The second kappa shape index (κ2) is 9.06. The van der Waals surface area contributed by atoms with Gasteiger partial charge in [0.15, 0.2) is 23.0 Å². The number of hydrogen-bond acceptors (Lipinski definition) is 10. The Morgan fingerprint density at radius 2 is 1.09 bits per heavy atom. The predicted octanol–water partition coefficient (Wildman–Crippen LogP) is 2.77. The maximum atomic E-state index is 12.9. The molecule has 0 amide bonds. The van der Waals surface area contributed by atoms with Gasteiger partial charge in [0.25, 0.3) is 0 Å². The van der Waals surface area contributed by atoms with Crippen LogP contribution < -0.4 is 28.4 Å². The summed E-state index contributed by atoms with van der Waals surface area (Å²) >= 11 is 0. The van der Waals surface area contributed by atoms with Gasteiger partial charge in [0, 0.05) is 11.1 Å². The van der Waals surface area contributed by atoms with Crippen LogP contribution in [-0.2, 0) is 14.3 Å². The van der Waals surface area contributed by atoms with Crippen molar-refractivity contribution in [2.75, 3.05) is 42.7 Å². The first kappa shape index (κ1) is 23.1. The van der Waals surface area contributed by atoms with Crippen LogP contribution >= 0.6 is 0 Å². The van der Waals surface area contributed by atoms with Crippen molar-refractivity contribution in [2.24, 2.45) is 0 Å². The van der Waals surface area contributed by atoms with Crippen LogP contribution in [0.5, 0.6) is 34.5 Å². The molecule has 180 valence electrons. The zero-order valence-electron chi connectivity index (χ0n) is 19.5. The summed E-state index contributed by atoms with van der Waals surface area (Å²) < 4.78 is 43.6. The summed E-state index contributed by atoms with van der Waals surface area (Å²) in [7, 11) is 8.86. The van der Waals surface area contributed by atoms with Crippen LogP contribution in [-0.4, -0.2) is 60.0 Å². The lowest BCUT2D eigenvalue weighted by Gasteiger charge is -2.16. The van der Waals surface area contributed by atoms with E-state index in [9.17, 15) is 9.90 Å². The smallest absolute Gasteiger partial charge is 0.348 e. The number of hydrogen-bond donors (Lipinski definition) is 1. The summed E-state index contributed by atoms with van der Waals surface area (Å²) in [5.41, 5.74) is 1.14. The van der Waals surface area contributed by atoms with E-state index in [-0.39, 0.29) is 22.7 Å². The Balaban J connectivity index is 1.91. The molecule has 1 atom stereocenters. The lowest BCUT2D eigenvalue weighted by atomic mass is 10.0. The van der Waals surface area contributed by atoms with Crippen LogP contribution in [0.15, 0.2) is 35.4 Å². The molecule has 2 heterocycles. The highest BCUT2D eigenvalue weighted by Gasteiger charge is 2.45. The van der Waals surface area contributed by atoms with Crippen LogP contribution in [0.25, 0.3) is 11.5 Å². The summed E-state index contributed by atoms with van der Waals surface area (Å²) in [6, 6.07) is 6.46. The van der Waals surface area contributed by atoms with E-state index < -0.39 is 12.3 Å². The number of ether oxygens (including phenoxy) is 8. The summed E-state index contributed by atoms with van der Waals surface area (Å²) in [5.74, 6) is 1.74. The summed E-state index contributed by atoms with van der Waals surface area (Å²) in [4.78, 5) is 12.9. The molecule has 0 saturated heterocycles. The Kier molecular flexibility index (Phi) is 6.16. The molecule has 0 saturated carbocycles. The normalized spacial score (nSPS) is 16.7. The van der Waals surface area contributed by atoms with Gasteiger partial charge < -0.3 is 43.0 Å². The first-order valence-electron chi connectivity index (χ1n) is 10.1. The molecule has 2 aromatic carbocycles. The minimum Gasteiger partial charge on any atom is -0.493 e. The van der Waals surface area contributed by atoms with Gasteiger partial charge in [-0.2, -0.15) is 0 Å². The Labute approximate surface area is 195 Å². The van der Waals surface area contributed by atoms with Crippen LogP contribution in [0.2, 0.25) is 0 Å². The van der Waals surface area contributed by atoms with Crippen molar-refractivity contribution in [3.05, 3.63) is 46.5 Å². The second-order valence-corrected chi connectivity index (χ2v) is 7.13. The van der Waals surface area contributed by atoms with Crippen molar-refractivity contribution in [3.8, 4) is 34.5 Å². The molecule has 0 aliphatic carbocycles. The van der Waals surface area contributed by atoms with Gasteiger partial charge in [0.1, 0.15) is 17.1 Å². The monoisotopic (exact) mass is 472 g/mol. The SMILES string of the molecule is COc1cc(C2=C3C(=O)OC(c4cc(OC)c(OC)c(OC)c4)=C3C(O)O2)cc(OC)c1OC. The van der Waals surface area contributed by atoms with E-state index in [1.165, 1.54) is 42.7 Å². The summed E-state index contributed by atoms with van der Waals surface area (Å²) in [6.07, 6.45) is -1.45. The third-order valence-electron chi connectivity index (χ3n) is 5.47. The highest BCUT2D eigenvalue weighted by Crippen LogP contribution is 2.49. The highest BCUT2D eigenvalue weighted by atomic mass is 16.6. The van der Waals surface area contributed by atoms with Gasteiger partial charge in [-0.15, -0.1) is 0 Å². The first-order chi connectivity index (χ1) is 16.4. The fourth-order valence-electron chi connectivity index (χ4n) is 3.95. The molecule has 4 rings (SSSR count). The van der Waals surface area contributed by atoms with Gasteiger partial charge in [-0.25, -0.2) is 4.79 Å². The van der Waals surface area contributed by atoms with Crippen molar-refractivity contribution < 1.29 is 47.8 Å². The number of cyclic esters (lactones) is 1. The predicted molar refractivity (Wildman–Crippen MR) is 119 cm³/mol. The molecule has 0 spiro atoms. The summed E-state index contributed by atoms with van der Waals surface area (Å²) in [5, 5.41) is 10.8. The molecule has 1 unspecified atom stereocenters. The molecular formula is C24H24O10. The third-order valence-corrected chi connectivity index (χ3v) is 5.47. The summed E-state index contributed by atoms with van der Waals surface area (Å²) in [6.45, 7) is 0. The second-order valence-electron chi connectivity index (χ2n) is 7.13. The fraction of sp³-hybridized carbons (Fsp3) is 0.292. The van der Waals surface area contributed by atoms with Crippen LogP contribution in [0.1, 0.15) is 11.1 Å². The Morgan fingerprint density at radius 3 is 1.47 bits per heavy atom. The first-order valence-corrected chi connectivity index (χ1v) is 10.1. The Bertz CT molecular complexity index is 1160. The van der Waals surface area contributed by atoms with Gasteiger partial charge in [0.05, 0.1) is 48.2 Å². The highest BCUT2D eigenvalue weighted by molar-refractivity contribution is 6.11. The van der Waals surface area contributed by atoms with Crippen molar-refractivity contribution in [1.29, 1.82) is 0 Å². The Morgan fingerprint density at radius 1 is 0.676 bits per heavy atom. The molecule has 10 heteroatoms. The molecule has 0 bridgehead atoms. The quantitative estimate of drug-likeness (QED) is 0.576. The van der Waals surface area contributed by atoms with Gasteiger partial charge in [-0.1, -0.05) is 0 Å². The molecular weight excluding hydrogens is 448 g/mol. The van der Waals surface area contributed by atoms with Crippen LogP contribution in [0.3, 0.4) is 0 Å². The van der Waals surface area contributed by atoms with E-state index >= 15 is 0 Å². The van der Waals surface area contributed by atoms with E-state index in [2.05, 4.69) is 0 Å². The third kappa shape index (κ3) is 3.52.